The Bertz CT molecular complexity index is 2170. The minimum absolute atomic E-state index is 0.372. The van der Waals surface area contributed by atoms with Crippen LogP contribution in [0.5, 0.6) is 0 Å². The van der Waals surface area contributed by atoms with Gasteiger partial charge in [0.15, 0.2) is 36.5 Å². The normalized spacial score (nSPS) is 38.9. The van der Waals surface area contributed by atoms with Crippen LogP contribution in [0.1, 0.15) is 41.5 Å². The van der Waals surface area contributed by atoms with Crippen LogP contribution < -0.4 is 10.6 Å². The average Bonchev–Trinajstić information content (AvgIpc) is 3.75. The van der Waals surface area contributed by atoms with E-state index in [1.54, 1.807) is 13.8 Å². The van der Waals surface area contributed by atoms with Crippen LogP contribution in [0.25, 0.3) is 0 Å². The summed E-state index contributed by atoms with van der Waals surface area (Å²) < 4.78 is 149. The van der Waals surface area contributed by atoms with E-state index in [1.807, 2.05) is 0 Å². The number of nitrogens with one attached hydrogen (secondary N) is 2. The number of hydrogen-bond acceptors (Lipinski definition) is 25. The van der Waals surface area contributed by atoms with Gasteiger partial charge in [-0.15, -0.1) is 0 Å². The average molecular weight is 1200 g/mol. The molecule has 0 bridgehead atoms. The molecular weight excluding hydrogens is 1150 g/mol. The van der Waals surface area contributed by atoms with E-state index in [2.05, 4.69) is 19.0 Å². The Morgan fingerprint density at radius 3 is 1.78 bits per heavy atom. The van der Waals surface area contributed by atoms with E-state index < -0.39 is 189 Å². The van der Waals surface area contributed by atoms with E-state index in [9.17, 15) is 50.8 Å². The summed E-state index contributed by atoms with van der Waals surface area (Å²) in [6.07, 6.45) is -27.7. The zero-order chi connectivity index (χ0) is 53.7. The highest BCUT2D eigenvalue weighted by Crippen LogP contribution is 2.43. The van der Waals surface area contributed by atoms with Crippen LogP contribution in [0.3, 0.4) is 0 Å². The van der Waals surface area contributed by atoms with Gasteiger partial charge in [0.2, 0.25) is 18.0 Å². The first-order valence-electron chi connectivity index (χ1n) is 21.2. The van der Waals surface area contributed by atoms with Crippen LogP contribution in [-0.4, -0.2) is 209 Å². The third kappa shape index (κ3) is 16.3. The standard InChI is InChI=1S/C36H52Cl6N2O26S2/c1-12-18(45)24-26(69-33(3,4)67-24)29(61-12)66-23-17(44-32(49)58-11-36(40,41)42)28(63-16(20(23)47)9-60-72(53,54)55)64-21-13(2)62-30(27-25(21)68-34(5,6)70-27)65-22-14(43-31(48)57-10-35(37,38)39)7-56-15(19(22)46)8-59-71(50,51)52/h7,12-13,15-30,45-47H,8-11H2,1-6H3,(H,43,48)(H,44,49)(H,50,51,52)(H,53,54,55)/p-1/t12?,13?,15?,16?,17?,18-,19+,20+,21-,22-,23-,24+,25+,26?,27?,28+,29+,30+/m1/s1. The van der Waals surface area contributed by atoms with Crippen molar-refractivity contribution in [2.24, 2.45) is 0 Å². The molecule has 6 aliphatic rings. The Labute approximate surface area is 441 Å². The summed E-state index contributed by atoms with van der Waals surface area (Å²) >= 11 is 34.6. The van der Waals surface area contributed by atoms with Crippen LogP contribution in [0.15, 0.2) is 12.0 Å². The molecule has 5 saturated heterocycles. The molecule has 6 N–H and O–H groups in total. The van der Waals surface area contributed by atoms with Gasteiger partial charge in [-0.25, -0.2) is 22.2 Å². The fraction of sp³-hybridized carbons (Fsp3) is 0.889. The van der Waals surface area contributed by atoms with Gasteiger partial charge >= 0.3 is 22.6 Å². The van der Waals surface area contributed by atoms with Gasteiger partial charge < -0.3 is 86.8 Å². The van der Waals surface area contributed by atoms with Crippen LogP contribution in [0.2, 0.25) is 0 Å². The molecule has 0 radical (unpaired) electrons. The third-order valence-electron chi connectivity index (χ3n) is 11.1. The number of aliphatic hydroxyl groups is 3. The highest BCUT2D eigenvalue weighted by molar-refractivity contribution is 7.81. The number of rotatable bonds is 16. The maximum atomic E-state index is 13.5. The maximum absolute atomic E-state index is 13.5. The Kier molecular flexibility index (Phi) is 19.4. The van der Waals surface area contributed by atoms with E-state index in [0.717, 1.165) is 6.26 Å². The third-order valence-corrected chi connectivity index (χ3v) is 12.6. The van der Waals surface area contributed by atoms with Crippen molar-refractivity contribution >= 4 is 103 Å². The molecular formula is C36H51Cl6N2O26S2-. The summed E-state index contributed by atoms with van der Waals surface area (Å²) in [6.45, 7) is 5.25. The molecule has 0 aromatic rings. The summed E-state index contributed by atoms with van der Waals surface area (Å²) in [5.41, 5.74) is -0.372. The largest absolute Gasteiger partial charge is 0.726 e. The zero-order valence-corrected chi connectivity index (χ0v) is 44.3. The van der Waals surface area contributed by atoms with Crippen molar-refractivity contribution in [1.29, 1.82) is 0 Å². The SMILES string of the molecule is CC1O[C@@H](O[C@@H]2C(NC(=O)OCC(Cl)(Cl)Cl)[C@H](O[C@@H]3C(C)O[C@@H](O[C@@H]4C(NC(=O)OCC(Cl)(Cl)Cl)=COC(COS(=O)(=O)O)[C@@H]4O)C4OC(C)(C)O[C@H]43)OC(COS(=O)(=O)[O-])[C@@H]2O)C2OC(C)(C)O[C@H]2[C@@H]1O. The van der Waals surface area contributed by atoms with Gasteiger partial charge in [-0.2, -0.15) is 8.42 Å². The molecule has 18 atom stereocenters. The second-order valence-electron chi connectivity index (χ2n) is 17.7. The van der Waals surface area contributed by atoms with E-state index in [1.165, 1.54) is 27.7 Å². The number of amides is 2. The van der Waals surface area contributed by atoms with Crippen LogP contribution in [0.4, 0.5) is 9.59 Å². The molecule has 72 heavy (non-hydrogen) atoms. The van der Waals surface area contributed by atoms with Gasteiger partial charge in [-0.1, -0.05) is 69.6 Å². The molecule has 0 aromatic heterocycles. The molecule has 6 heterocycles. The highest BCUT2D eigenvalue weighted by Gasteiger charge is 2.61. The van der Waals surface area contributed by atoms with Crippen molar-refractivity contribution in [1.82, 2.24) is 10.6 Å². The van der Waals surface area contributed by atoms with Gasteiger partial charge in [0.05, 0.1) is 24.5 Å². The Morgan fingerprint density at radius 2 is 1.19 bits per heavy atom. The number of carbonyl (C=O) groups excluding carboxylic acids is 2. The summed E-state index contributed by atoms with van der Waals surface area (Å²) in [7, 11) is -10.5. The lowest BCUT2D eigenvalue weighted by molar-refractivity contribution is -0.353. The molecule has 6 rings (SSSR count). The number of alkyl carbamates (subject to hydrolysis) is 2. The lowest BCUT2D eigenvalue weighted by atomic mass is 9.94. The molecule has 5 fully saturated rings. The fourth-order valence-electron chi connectivity index (χ4n) is 8.20. The molecule has 36 heteroatoms. The summed E-state index contributed by atoms with van der Waals surface area (Å²) in [6, 6.07) is -1.77. The number of hydrogen-bond donors (Lipinski definition) is 6. The van der Waals surface area contributed by atoms with Gasteiger partial charge in [0, 0.05) is 0 Å². The first kappa shape index (κ1) is 60.3. The van der Waals surface area contributed by atoms with E-state index in [0.29, 0.717) is 0 Å². The first-order valence-corrected chi connectivity index (χ1v) is 26.2. The van der Waals surface area contributed by atoms with Crippen molar-refractivity contribution < 1.29 is 121 Å². The predicted molar refractivity (Wildman–Crippen MR) is 237 cm³/mol. The van der Waals surface area contributed by atoms with E-state index in [4.69, 9.17) is 131 Å². The number of alkyl halides is 6. The van der Waals surface area contributed by atoms with Crippen molar-refractivity contribution in [3.63, 3.8) is 0 Å². The lowest BCUT2D eigenvalue weighted by Gasteiger charge is -2.49. The van der Waals surface area contributed by atoms with Crippen LogP contribution in [0, 0.1) is 0 Å². The minimum Gasteiger partial charge on any atom is -0.726 e. The van der Waals surface area contributed by atoms with Crippen LogP contribution in [-0.2, 0) is 90.7 Å². The number of halogens is 6. The second-order valence-corrected chi connectivity index (χ2v) is 24.8. The summed E-state index contributed by atoms with van der Waals surface area (Å²) in [4.78, 5) is 26.3. The Morgan fingerprint density at radius 1 is 0.681 bits per heavy atom. The molecule has 7 unspecified atom stereocenters. The zero-order valence-electron chi connectivity index (χ0n) is 38.2. The molecule has 416 valence electrons. The van der Waals surface area contributed by atoms with Gasteiger partial charge in [0.25, 0.3) is 0 Å². The van der Waals surface area contributed by atoms with Crippen molar-refractivity contribution in [3.8, 4) is 0 Å². The van der Waals surface area contributed by atoms with Crippen LogP contribution >= 0.6 is 69.6 Å². The van der Waals surface area contributed by atoms with E-state index >= 15 is 0 Å². The molecule has 28 nitrogen and oxygen atoms in total. The fourth-order valence-corrected chi connectivity index (χ4v) is 9.13. The number of fused-ring (bicyclic) bond motifs is 2. The Balaban J connectivity index is 1.33. The number of ether oxygens (including phenoxy) is 13. The summed E-state index contributed by atoms with van der Waals surface area (Å²) in [5.74, 6) is -2.81. The summed E-state index contributed by atoms with van der Waals surface area (Å²) in [5, 5.41) is 39.0. The quantitative estimate of drug-likeness (QED) is 0.0699. The molecule has 0 spiro atoms. The van der Waals surface area contributed by atoms with Crippen molar-refractivity contribution in [3.05, 3.63) is 12.0 Å². The maximum Gasteiger partial charge on any atom is 0.411 e. The van der Waals surface area contributed by atoms with E-state index in [-0.39, 0.29) is 5.70 Å². The monoisotopic (exact) mass is 1200 g/mol. The lowest BCUT2D eigenvalue weighted by Crippen LogP contribution is -2.69. The number of aliphatic hydroxyl groups excluding tert-OH is 3. The molecule has 0 aromatic carbocycles. The molecule has 2 amide bonds. The molecule has 0 saturated carbocycles. The highest BCUT2D eigenvalue weighted by atomic mass is 35.6. The molecule has 6 aliphatic heterocycles. The Hall–Kier alpha value is -0.960. The predicted octanol–water partition coefficient (Wildman–Crippen LogP) is 0.577. The number of carbonyl (C=O) groups is 2. The van der Waals surface area contributed by atoms with Gasteiger partial charge in [0.1, 0.15) is 99.3 Å². The molecule has 0 aliphatic carbocycles. The second kappa shape index (κ2) is 23.2. The van der Waals surface area contributed by atoms with Crippen molar-refractivity contribution in [2.45, 2.75) is 171 Å². The minimum atomic E-state index is -5.45. The topological polar surface area (TPSA) is 369 Å². The van der Waals surface area contributed by atoms with Crippen molar-refractivity contribution in [2.75, 3.05) is 26.4 Å². The van der Waals surface area contributed by atoms with Gasteiger partial charge in [-0.05, 0) is 41.5 Å². The smallest absolute Gasteiger partial charge is 0.411 e. The van der Waals surface area contributed by atoms with Gasteiger partial charge in [-0.3, -0.25) is 14.1 Å². The first-order chi connectivity index (χ1) is 33.0.